The number of benzene rings is 3. The fourth-order valence-electron chi connectivity index (χ4n) is 4.94. The second-order valence-electron chi connectivity index (χ2n) is 10.3. The number of hydrogen-bond donors (Lipinski definition) is 2. The number of nitrogens with one attached hydrogen (secondary N) is 1. The van der Waals surface area contributed by atoms with Gasteiger partial charge < -0.3 is 24.5 Å². The molecule has 5 aromatic rings. The molecule has 1 saturated heterocycles. The molecule has 3 heterocycles. The minimum Gasteiger partial charge on any atom is -0.392 e. The Balaban J connectivity index is 1.19. The summed E-state index contributed by atoms with van der Waals surface area (Å²) in [6.07, 6.45) is 4.27. The Kier molecular flexibility index (Phi) is 8.29. The van der Waals surface area contributed by atoms with Crippen molar-refractivity contribution < 1.29 is 19.4 Å². The van der Waals surface area contributed by atoms with Gasteiger partial charge in [-0.05, 0) is 35.4 Å². The van der Waals surface area contributed by atoms with Crippen molar-refractivity contribution in [2.75, 3.05) is 11.1 Å². The molecule has 1 fully saturated rings. The zero-order valence-electron chi connectivity index (χ0n) is 23.3. The van der Waals surface area contributed by atoms with Crippen LogP contribution in [0.2, 0.25) is 0 Å². The second-order valence-corrected chi connectivity index (χ2v) is 11.3. The fraction of sp³-hybridized carbons (Fsp3) is 0.250. The molecule has 1 aliphatic heterocycles. The number of hydrogen-bond acceptors (Lipinski definition) is 8. The predicted molar refractivity (Wildman–Crippen MR) is 161 cm³/mol. The van der Waals surface area contributed by atoms with Gasteiger partial charge in [0.15, 0.2) is 11.4 Å². The van der Waals surface area contributed by atoms with E-state index in [1.807, 2.05) is 90.6 Å². The lowest BCUT2D eigenvalue weighted by molar-refractivity contribution is -0.268. The van der Waals surface area contributed by atoms with Crippen molar-refractivity contribution in [3.63, 3.8) is 0 Å². The van der Waals surface area contributed by atoms with E-state index in [1.165, 1.54) is 6.20 Å². The lowest BCUT2D eigenvalue weighted by atomic mass is 9.91. The third kappa shape index (κ3) is 6.07. The van der Waals surface area contributed by atoms with Gasteiger partial charge in [-0.3, -0.25) is 9.78 Å². The van der Waals surface area contributed by atoms with Gasteiger partial charge in [-0.1, -0.05) is 67.2 Å². The number of para-hydroxylation sites is 2. The van der Waals surface area contributed by atoms with Crippen LogP contribution in [0.3, 0.4) is 0 Å². The number of carbonyl (C=O) groups excluding carboxylic acids is 1. The number of amides is 1. The molecule has 3 aromatic carbocycles. The first-order chi connectivity index (χ1) is 20.5. The number of ether oxygens (including phenoxy) is 2. The maximum absolute atomic E-state index is 12.9. The van der Waals surface area contributed by atoms with Gasteiger partial charge in [0.2, 0.25) is 0 Å². The summed E-state index contributed by atoms with van der Waals surface area (Å²) in [5.74, 6) is 0.436. The van der Waals surface area contributed by atoms with Gasteiger partial charge in [0.1, 0.15) is 5.69 Å². The number of aromatic nitrogens is 4. The number of rotatable bonds is 8. The van der Waals surface area contributed by atoms with Crippen LogP contribution in [0.1, 0.15) is 46.5 Å². The maximum Gasteiger partial charge on any atom is 0.275 e. The Morgan fingerprint density at radius 2 is 1.71 bits per heavy atom. The average Bonchev–Trinajstić information content (AvgIpc) is 3.45. The summed E-state index contributed by atoms with van der Waals surface area (Å²) in [6.45, 7) is 2.13. The molecule has 4 atom stereocenters. The number of thioether (sulfide) groups is 1. The van der Waals surface area contributed by atoms with Crippen molar-refractivity contribution in [3.05, 3.63) is 114 Å². The highest BCUT2D eigenvalue weighted by Gasteiger charge is 2.38. The molecule has 0 spiro atoms. The predicted octanol–water partition coefficient (Wildman–Crippen LogP) is 5.69. The normalized spacial score (nSPS) is 20.5. The van der Waals surface area contributed by atoms with Crippen LogP contribution in [0.25, 0.3) is 11.0 Å². The Hall–Kier alpha value is -4.09. The van der Waals surface area contributed by atoms with E-state index in [0.29, 0.717) is 17.0 Å². The van der Waals surface area contributed by atoms with Gasteiger partial charge >= 0.3 is 0 Å². The molecule has 1 aliphatic rings. The summed E-state index contributed by atoms with van der Waals surface area (Å²) < 4.78 is 15.1. The summed E-state index contributed by atoms with van der Waals surface area (Å²) in [4.78, 5) is 26.1. The zero-order valence-corrected chi connectivity index (χ0v) is 24.1. The monoisotopic (exact) mass is 581 g/mol. The molecule has 214 valence electrons. The van der Waals surface area contributed by atoms with Crippen LogP contribution >= 0.6 is 11.8 Å². The van der Waals surface area contributed by atoms with E-state index in [1.54, 1.807) is 18.0 Å². The molecular formula is C32H31N5O4S. The molecule has 0 aliphatic carbocycles. The van der Waals surface area contributed by atoms with Crippen LogP contribution in [-0.2, 0) is 23.1 Å². The van der Waals surface area contributed by atoms with E-state index >= 15 is 0 Å². The van der Waals surface area contributed by atoms with Crippen molar-refractivity contribution >= 4 is 34.4 Å². The lowest BCUT2D eigenvalue weighted by Crippen LogP contribution is -2.38. The smallest absolute Gasteiger partial charge is 0.275 e. The Morgan fingerprint density at radius 1 is 0.976 bits per heavy atom. The highest BCUT2D eigenvalue weighted by Crippen LogP contribution is 2.43. The number of aliphatic hydroxyl groups excluding tert-OH is 1. The molecule has 10 heteroatoms. The molecule has 0 saturated carbocycles. The van der Waals surface area contributed by atoms with Crippen molar-refractivity contribution in [2.24, 2.45) is 13.0 Å². The lowest BCUT2D eigenvalue weighted by Gasteiger charge is -2.41. The highest BCUT2D eigenvalue weighted by atomic mass is 32.2. The number of carbonyl (C=O) groups is 1. The molecule has 0 radical (unpaired) electrons. The highest BCUT2D eigenvalue weighted by molar-refractivity contribution is 7.99. The number of fused-ring (bicyclic) bond motifs is 1. The van der Waals surface area contributed by atoms with Gasteiger partial charge in [0.05, 0.1) is 36.0 Å². The van der Waals surface area contributed by atoms with Crippen molar-refractivity contribution in [3.8, 4) is 0 Å². The van der Waals surface area contributed by atoms with E-state index in [2.05, 4.69) is 27.2 Å². The average molecular weight is 582 g/mol. The third-order valence-electron chi connectivity index (χ3n) is 7.40. The first-order valence-electron chi connectivity index (χ1n) is 13.7. The van der Waals surface area contributed by atoms with Crippen molar-refractivity contribution in [2.45, 2.75) is 37.2 Å². The topological polar surface area (TPSA) is 111 Å². The van der Waals surface area contributed by atoms with E-state index < -0.39 is 6.29 Å². The van der Waals surface area contributed by atoms with Gasteiger partial charge in [-0.25, -0.2) is 9.97 Å². The Labute approximate surface area is 247 Å². The Morgan fingerprint density at radius 3 is 2.43 bits per heavy atom. The minimum atomic E-state index is -0.605. The first-order valence-corrected chi connectivity index (χ1v) is 14.7. The summed E-state index contributed by atoms with van der Waals surface area (Å²) in [5.41, 5.74) is 4.99. The van der Waals surface area contributed by atoms with Crippen LogP contribution in [0.4, 0.5) is 5.69 Å². The third-order valence-corrected chi connectivity index (χ3v) is 8.55. The molecule has 2 N–H and O–H groups in total. The second kappa shape index (κ2) is 12.4. The number of aliphatic hydroxyl groups is 1. The molecule has 1 amide bonds. The molecule has 9 nitrogen and oxygen atoms in total. The van der Waals surface area contributed by atoms with Crippen LogP contribution in [0.15, 0.2) is 96.5 Å². The quantitative estimate of drug-likeness (QED) is 0.225. The van der Waals surface area contributed by atoms with Gasteiger partial charge in [-0.15, -0.1) is 0 Å². The van der Waals surface area contributed by atoms with Crippen molar-refractivity contribution in [1.29, 1.82) is 0 Å². The molecular weight excluding hydrogens is 550 g/mol. The van der Waals surface area contributed by atoms with Gasteiger partial charge in [0, 0.05) is 42.4 Å². The van der Waals surface area contributed by atoms with Gasteiger partial charge in [-0.2, -0.15) is 0 Å². The standard InChI is InChI=1S/C32H31N5O4S/c1-20-28(19-42-32-33-15-16-37(32)2)40-31(41-29(20)22-9-7-21(18-38)8-10-22)23-11-13-24(14-12-23)35-30(39)27-17-34-25-5-3-4-6-26(25)36-27/h3-17,20,28-29,31,38H,18-19H2,1-2H3,(H,35,39). The molecule has 42 heavy (non-hydrogen) atoms. The van der Waals surface area contributed by atoms with E-state index in [0.717, 1.165) is 27.4 Å². The first kappa shape index (κ1) is 28.0. The molecule has 0 bridgehead atoms. The largest absolute Gasteiger partial charge is 0.392 e. The zero-order chi connectivity index (χ0) is 29.1. The van der Waals surface area contributed by atoms with Crippen molar-refractivity contribution in [1.82, 2.24) is 19.5 Å². The summed E-state index contributed by atoms with van der Waals surface area (Å²) in [7, 11) is 1.98. The molecule has 4 unspecified atom stereocenters. The molecule has 2 aromatic heterocycles. The Bertz CT molecular complexity index is 1670. The number of nitrogens with zero attached hydrogens (tertiary/aromatic N) is 4. The SMILES string of the molecule is CC1C(CSc2nccn2C)OC(c2ccc(NC(=O)c3cnc4ccccc4n3)cc2)OC1c1ccc(CO)cc1. The van der Waals surface area contributed by atoms with Crippen LogP contribution in [0, 0.1) is 5.92 Å². The summed E-state index contributed by atoms with van der Waals surface area (Å²) in [6, 6.07) is 22.7. The fourth-order valence-corrected chi connectivity index (χ4v) is 6.04. The minimum absolute atomic E-state index is 0.00759. The van der Waals surface area contributed by atoms with Crippen LogP contribution < -0.4 is 5.32 Å². The van der Waals surface area contributed by atoms with E-state index in [4.69, 9.17) is 9.47 Å². The van der Waals surface area contributed by atoms with E-state index in [9.17, 15) is 9.90 Å². The number of aryl methyl sites for hydroxylation is 1. The summed E-state index contributed by atoms with van der Waals surface area (Å²) in [5, 5.41) is 13.3. The van der Waals surface area contributed by atoms with Crippen LogP contribution in [-0.4, -0.2) is 42.4 Å². The van der Waals surface area contributed by atoms with Gasteiger partial charge in [0.25, 0.3) is 5.91 Å². The number of imidazole rings is 1. The number of anilines is 1. The molecule has 6 rings (SSSR count). The summed E-state index contributed by atoms with van der Waals surface area (Å²) >= 11 is 1.65. The van der Waals surface area contributed by atoms with E-state index in [-0.39, 0.29) is 36.3 Å². The van der Waals surface area contributed by atoms with Crippen LogP contribution in [0.5, 0.6) is 0 Å². The maximum atomic E-state index is 12.9.